The zero-order valence-electron chi connectivity index (χ0n) is 13.4. The molecule has 0 aliphatic carbocycles. The number of ether oxygens (including phenoxy) is 3. The maximum absolute atomic E-state index is 12.7. The molecule has 1 aromatic carbocycles. The van der Waals surface area contributed by atoms with E-state index in [0.29, 0.717) is 18.0 Å². The lowest BCUT2D eigenvalue weighted by molar-refractivity contribution is -0.148. The van der Waals surface area contributed by atoms with Crippen molar-refractivity contribution >= 4 is 10.0 Å². The van der Waals surface area contributed by atoms with Crippen LogP contribution >= 0.6 is 0 Å². The molecular weight excluding hydrogens is 318 g/mol. The summed E-state index contributed by atoms with van der Waals surface area (Å²) in [6.45, 7) is 6.75. The van der Waals surface area contributed by atoms with E-state index < -0.39 is 15.8 Å². The van der Waals surface area contributed by atoms with Gasteiger partial charge < -0.3 is 14.2 Å². The quantitative estimate of drug-likeness (QED) is 0.773. The first kappa shape index (κ1) is 15.5. The fourth-order valence-electron chi connectivity index (χ4n) is 3.17. The van der Waals surface area contributed by atoms with E-state index in [-0.39, 0.29) is 24.4 Å². The molecule has 1 aromatic rings. The number of nitrogens with zero attached hydrogens (tertiary/aromatic N) is 1. The monoisotopic (exact) mass is 339 g/mol. The van der Waals surface area contributed by atoms with E-state index >= 15 is 0 Å². The summed E-state index contributed by atoms with van der Waals surface area (Å²) in [5.74, 6) is -0.705. The van der Waals surface area contributed by atoms with Gasteiger partial charge in [0.1, 0.15) is 18.3 Å². The molecule has 3 heterocycles. The van der Waals surface area contributed by atoms with Crippen molar-refractivity contribution in [3.8, 4) is 0 Å². The fraction of sp³-hybridized carbons (Fsp3) is 0.625. The zero-order valence-corrected chi connectivity index (χ0v) is 14.2. The number of epoxide rings is 1. The smallest absolute Gasteiger partial charge is 0.243 e. The fourth-order valence-corrected chi connectivity index (χ4v) is 4.75. The van der Waals surface area contributed by atoms with Crippen LogP contribution in [0.25, 0.3) is 0 Å². The van der Waals surface area contributed by atoms with Gasteiger partial charge in [0, 0.05) is 6.54 Å². The van der Waals surface area contributed by atoms with E-state index in [2.05, 4.69) is 0 Å². The van der Waals surface area contributed by atoms with E-state index in [9.17, 15) is 8.42 Å². The van der Waals surface area contributed by atoms with Crippen LogP contribution in [0.3, 0.4) is 0 Å². The minimum absolute atomic E-state index is 0.0197. The first-order valence-electron chi connectivity index (χ1n) is 7.84. The second-order valence-corrected chi connectivity index (χ2v) is 8.78. The van der Waals surface area contributed by atoms with E-state index in [0.717, 1.165) is 5.56 Å². The van der Waals surface area contributed by atoms with Gasteiger partial charge in [-0.1, -0.05) is 17.7 Å². The van der Waals surface area contributed by atoms with Crippen LogP contribution in [0.2, 0.25) is 0 Å². The van der Waals surface area contributed by atoms with Crippen LogP contribution in [0.5, 0.6) is 0 Å². The average Bonchev–Trinajstić information content (AvgIpc) is 3.36. The SMILES string of the molecule is Cc1ccc(S(=O)(=O)N2C[C@H]2[C@H]2OC(C)(C)O[C@@H]2[C@H]2CO2)cc1. The summed E-state index contributed by atoms with van der Waals surface area (Å²) in [6, 6.07) is 6.74. The Hall–Kier alpha value is -0.990. The highest BCUT2D eigenvalue weighted by atomic mass is 32.2. The summed E-state index contributed by atoms with van der Waals surface area (Å²) in [4.78, 5) is 0.322. The molecule has 3 aliphatic rings. The number of hydrogen-bond acceptors (Lipinski definition) is 5. The Balaban J connectivity index is 1.54. The number of benzene rings is 1. The Morgan fingerprint density at radius 2 is 1.74 bits per heavy atom. The molecule has 0 amide bonds. The second-order valence-electron chi connectivity index (χ2n) is 6.89. The van der Waals surface area contributed by atoms with Gasteiger partial charge in [0.2, 0.25) is 10.0 Å². The van der Waals surface area contributed by atoms with Crippen molar-refractivity contribution in [3.05, 3.63) is 29.8 Å². The molecule has 7 heteroatoms. The number of aryl methyl sites for hydroxylation is 1. The molecule has 0 radical (unpaired) electrons. The van der Waals surface area contributed by atoms with Gasteiger partial charge in [-0.05, 0) is 32.9 Å². The maximum Gasteiger partial charge on any atom is 0.243 e. The second kappa shape index (κ2) is 5.00. The van der Waals surface area contributed by atoms with Crippen molar-refractivity contribution in [2.45, 2.75) is 55.8 Å². The Morgan fingerprint density at radius 3 is 2.35 bits per heavy atom. The number of rotatable bonds is 4. The molecule has 3 saturated heterocycles. The predicted molar refractivity (Wildman–Crippen MR) is 82.4 cm³/mol. The van der Waals surface area contributed by atoms with Gasteiger partial charge in [-0.15, -0.1) is 0 Å². The third kappa shape index (κ3) is 2.81. The minimum Gasteiger partial charge on any atom is -0.370 e. The van der Waals surface area contributed by atoms with Gasteiger partial charge in [0.05, 0.1) is 17.5 Å². The third-order valence-corrected chi connectivity index (χ3v) is 6.40. The average molecular weight is 339 g/mol. The molecule has 5 atom stereocenters. The predicted octanol–water partition coefficient (Wildman–Crippen LogP) is 1.29. The summed E-state index contributed by atoms with van der Waals surface area (Å²) in [5, 5.41) is 0. The molecule has 0 N–H and O–H groups in total. The summed E-state index contributed by atoms with van der Waals surface area (Å²) in [5.41, 5.74) is 1.03. The van der Waals surface area contributed by atoms with Crippen LogP contribution in [-0.4, -0.2) is 56.0 Å². The van der Waals surface area contributed by atoms with E-state index in [1.165, 1.54) is 4.31 Å². The van der Waals surface area contributed by atoms with Crippen molar-refractivity contribution in [2.24, 2.45) is 0 Å². The van der Waals surface area contributed by atoms with Crippen molar-refractivity contribution in [3.63, 3.8) is 0 Å². The maximum atomic E-state index is 12.7. The molecule has 3 aliphatic heterocycles. The Labute approximate surface area is 136 Å². The molecule has 0 bridgehead atoms. The van der Waals surface area contributed by atoms with Crippen LogP contribution in [0.4, 0.5) is 0 Å². The molecule has 23 heavy (non-hydrogen) atoms. The lowest BCUT2D eigenvalue weighted by Gasteiger charge is -2.17. The lowest BCUT2D eigenvalue weighted by Crippen LogP contribution is -2.35. The summed E-state index contributed by atoms with van der Waals surface area (Å²) < 4.78 is 44.1. The van der Waals surface area contributed by atoms with Crippen LogP contribution in [0.1, 0.15) is 19.4 Å². The summed E-state index contributed by atoms with van der Waals surface area (Å²) in [7, 11) is -3.48. The third-order valence-electron chi connectivity index (χ3n) is 4.50. The number of sulfonamides is 1. The van der Waals surface area contributed by atoms with Gasteiger partial charge in [-0.3, -0.25) is 0 Å². The number of hydrogen-bond donors (Lipinski definition) is 0. The molecule has 3 fully saturated rings. The molecule has 0 saturated carbocycles. The van der Waals surface area contributed by atoms with Gasteiger partial charge in [-0.2, -0.15) is 4.31 Å². The Morgan fingerprint density at radius 1 is 1.13 bits per heavy atom. The normalized spacial score (nSPS) is 38.5. The van der Waals surface area contributed by atoms with Crippen molar-refractivity contribution in [2.75, 3.05) is 13.2 Å². The van der Waals surface area contributed by atoms with Crippen LogP contribution in [-0.2, 0) is 24.2 Å². The molecule has 1 unspecified atom stereocenters. The zero-order chi connectivity index (χ0) is 16.4. The van der Waals surface area contributed by atoms with Gasteiger partial charge in [-0.25, -0.2) is 8.42 Å². The van der Waals surface area contributed by atoms with Gasteiger partial charge in [0.25, 0.3) is 0 Å². The topological polar surface area (TPSA) is 68.1 Å². The van der Waals surface area contributed by atoms with Crippen molar-refractivity contribution < 1.29 is 22.6 Å². The standard InChI is InChI=1S/C16H21NO5S/c1-10-4-6-11(7-5-10)23(18,19)17-8-12(17)14-15(13-9-20-13)22-16(2,3)21-14/h4-7,12-15H,8-9H2,1-3H3/t12-,13+,14+,15+,17?/m0/s1. The Bertz CT molecular complexity index is 710. The van der Waals surface area contributed by atoms with E-state index in [1.54, 1.807) is 12.1 Å². The molecule has 126 valence electrons. The van der Waals surface area contributed by atoms with Crippen molar-refractivity contribution in [1.82, 2.24) is 4.31 Å². The van der Waals surface area contributed by atoms with Crippen LogP contribution in [0.15, 0.2) is 29.2 Å². The van der Waals surface area contributed by atoms with Crippen LogP contribution < -0.4 is 0 Å². The Kier molecular flexibility index (Phi) is 3.38. The van der Waals surface area contributed by atoms with Gasteiger partial charge >= 0.3 is 0 Å². The highest BCUT2D eigenvalue weighted by molar-refractivity contribution is 7.89. The first-order valence-corrected chi connectivity index (χ1v) is 9.28. The van der Waals surface area contributed by atoms with E-state index in [1.807, 2.05) is 32.9 Å². The van der Waals surface area contributed by atoms with E-state index in [4.69, 9.17) is 14.2 Å². The molecule has 4 rings (SSSR count). The first-order chi connectivity index (χ1) is 10.8. The lowest BCUT2D eigenvalue weighted by atomic mass is 10.1. The molecule has 0 spiro atoms. The van der Waals surface area contributed by atoms with Gasteiger partial charge in [0.15, 0.2) is 5.79 Å². The summed E-state index contributed by atoms with van der Waals surface area (Å²) >= 11 is 0. The van der Waals surface area contributed by atoms with Crippen LogP contribution in [0, 0.1) is 6.92 Å². The largest absolute Gasteiger partial charge is 0.370 e. The molecular formula is C16H21NO5S. The highest BCUT2D eigenvalue weighted by Gasteiger charge is 2.60. The highest BCUT2D eigenvalue weighted by Crippen LogP contribution is 2.42. The minimum atomic E-state index is -3.48. The summed E-state index contributed by atoms with van der Waals surface area (Å²) in [6.07, 6.45) is -0.461. The molecule has 0 aromatic heterocycles. The molecule has 6 nitrogen and oxygen atoms in total. The van der Waals surface area contributed by atoms with Crippen molar-refractivity contribution in [1.29, 1.82) is 0 Å².